The van der Waals surface area contributed by atoms with Crippen molar-refractivity contribution in [2.45, 2.75) is 52.0 Å². The molecule has 1 N–H and O–H groups in total. The van der Waals surface area contributed by atoms with Gasteiger partial charge in [0.15, 0.2) is 0 Å². The molecule has 0 saturated carbocycles. The smallest absolute Gasteiger partial charge is 0.123 e. The monoisotopic (exact) mass is 249 g/mol. The number of benzene rings is 1. The van der Waals surface area contributed by atoms with Crippen molar-refractivity contribution in [2.24, 2.45) is 5.92 Å². The molecule has 1 unspecified atom stereocenters. The minimum Gasteiger partial charge on any atom is -0.311 e. The fraction of sp³-hybridized carbons (Fsp3) is 0.625. The van der Waals surface area contributed by atoms with Crippen LogP contribution in [0.2, 0.25) is 0 Å². The zero-order chi connectivity index (χ0) is 13.2. The standard InChI is InChI=1S/C16H24FN/c1-12(2)10-16(7-4-8-18-16)11-14-9-15(17)6-5-13(14)3/h5-6,9,12,18H,4,7-8,10-11H2,1-3H3. The van der Waals surface area contributed by atoms with E-state index in [4.69, 9.17) is 0 Å². The van der Waals surface area contributed by atoms with E-state index in [-0.39, 0.29) is 11.4 Å². The zero-order valence-electron chi connectivity index (χ0n) is 11.7. The van der Waals surface area contributed by atoms with Crippen molar-refractivity contribution in [2.75, 3.05) is 6.54 Å². The second-order valence-electron chi connectivity index (χ2n) is 6.16. The van der Waals surface area contributed by atoms with Crippen LogP contribution in [0.3, 0.4) is 0 Å². The number of hydrogen-bond acceptors (Lipinski definition) is 1. The highest BCUT2D eigenvalue weighted by Gasteiger charge is 2.34. The van der Waals surface area contributed by atoms with Gasteiger partial charge in [-0.15, -0.1) is 0 Å². The lowest BCUT2D eigenvalue weighted by Crippen LogP contribution is -2.43. The quantitative estimate of drug-likeness (QED) is 0.854. The summed E-state index contributed by atoms with van der Waals surface area (Å²) in [7, 11) is 0. The summed E-state index contributed by atoms with van der Waals surface area (Å²) in [5, 5.41) is 3.67. The summed E-state index contributed by atoms with van der Waals surface area (Å²) in [5.41, 5.74) is 2.55. The SMILES string of the molecule is Cc1ccc(F)cc1CC1(CC(C)C)CCCN1. The summed E-state index contributed by atoms with van der Waals surface area (Å²) in [6.07, 6.45) is 4.57. The van der Waals surface area contributed by atoms with Crippen LogP contribution >= 0.6 is 0 Å². The van der Waals surface area contributed by atoms with Gasteiger partial charge in [-0.1, -0.05) is 19.9 Å². The van der Waals surface area contributed by atoms with Gasteiger partial charge in [0.25, 0.3) is 0 Å². The molecule has 2 rings (SSSR count). The summed E-state index contributed by atoms with van der Waals surface area (Å²) in [6.45, 7) is 7.70. The van der Waals surface area contributed by atoms with Crippen molar-refractivity contribution in [3.63, 3.8) is 0 Å². The fourth-order valence-electron chi connectivity index (χ4n) is 3.24. The van der Waals surface area contributed by atoms with Crippen LogP contribution < -0.4 is 5.32 Å². The first-order chi connectivity index (χ1) is 8.51. The second-order valence-corrected chi connectivity index (χ2v) is 6.16. The number of rotatable bonds is 4. The molecule has 0 aliphatic carbocycles. The highest BCUT2D eigenvalue weighted by molar-refractivity contribution is 5.29. The third-order valence-corrected chi connectivity index (χ3v) is 3.97. The lowest BCUT2D eigenvalue weighted by molar-refractivity contribution is 0.301. The molecule has 0 amide bonds. The number of aryl methyl sites for hydroxylation is 1. The number of hydrogen-bond donors (Lipinski definition) is 1. The van der Waals surface area contributed by atoms with Crippen LogP contribution in [0.25, 0.3) is 0 Å². The fourth-order valence-corrected chi connectivity index (χ4v) is 3.24. The molecule has 0 spiro atoms. The maximum atomic E-state index is 13.4. The van der Waals surface area contributed by atoms with Gasteiger partial charge in [0.1, 0.15) is 5.82 Å². The highest BCUT2D eigenvalue weighted by atomic mass is 19.1. The van der Waals surface area contributed by atoms with Crippen LogP contribution in [0.4, 0.5) is 4.39 Å². The molecule has 1 aliphatic heterocycles. The molecule has 1 heterocycles. The zero-order valence-corrected chi connectivity index (χ0v) is 11.7. The lowest BCUT2D eigenvalue weighted by Gasteiger charge is -2.32. The van der Waals surface area contributed by atoms with Crippen LogP contribution in [-0.4, -0.2) is 12.1 Å². The van der Waals surface area contributed by atoms with Crippen LogP contribution in [-0.2, 0) is 6.42 Å². The van der Waals surface area contributed by atoms with E-state index >= 15 is 0 Å². The van der Waals surface area contributed by atoms with Crippen molar-refractivity contribution >= 4 is 0 Å². The Bertz CT molecular complexity index is 406. The Morgan fingerprint density at radius 1 is 1.39 bits per heavy atom. The topological polar surface area (TPSA) is 12.0 Å². The molecule has 1 saturated heterocycles. The third kappa shape index (κ3) is 3.11. The van der Waals surface area contributed by atoms with E-state index < -0.39 is 0 Å². The number of nitrogens with one attached hydrogen (secondary N) is 1. The van der Waals surface area contributed by atoms with Gasteiger partial charge in [-0.05, 0) is 68.3 Å². The van der Waals surface area contributed by atoms with Crippen molar-refractivity contribution in [3.05, 3.63) is 35.1 Å². The maximum absolute atomic E-state index is 13.4. The molecule has 1 atom stereocenters. The Morgan fingerprint density at radius 2 is 2.17 bits per heavy atom. The Labute approximate surface area is 110 Å². The van der Waals surface area contributed by atoms with Gasteiger partial charge in [0.05, 0.1) is 0 Å². The molecular formula is C16H24FN. The van der Waals surface area contributed by atoms with Crippen LogP contribution in [0, 0.1) is 18.7 Å². The average Bonchev–Trinajstić information content (AvgIpc) is 2.71. The maximum Gasteiger partial charge on any atom is 0.123 e. The molecule has 2 heteroatoms. The van der Waals surface area contributed by atoms with E-state index in [1.807, 2.05) is 6.07 Å². The summed E-state index contributed by atoms with van der Waals surface area (Å²) in [4.78, 5) is 0. The van der Waals surface area contributed by atoms with Gasteiger partial charge in [-0.25, -0.2) is 4.39 Å². The molecule has 1 aromatic carbocycles. The van der Waals surface area contributed by atoms with E-state index in [1.165, 1.54) is 24.8 Å². The largest absolute Gasteiger partial charge is 0.311 e. The molecule has 18 heavy (non-hydrogen) atoms. The Kier molecular flexibility index (Phi) is 4.06. The van der Waals surface area contributed by atoms with Crippen LogP contribution in [0.5, 0.6) is 0 Å². The summed E-state index contributed by atoms with van der Waals surface area (Å²) < 4.78 is 13.4. The van der Waals surface area contributed by atoms with Gasteiger partial charge in [-0.3, -0.25) is 0 Å². The molecule has 0 radical (unpaired) electrons. The van der Waals surface area contributed by atoms with Gasteiger partial charge < -0.3 is 5.32 Å². The Morgan fingerprint density at radius 3 is 2.78 bits per heavy atom. The summed E-state index contributed by atoms with van der Waals surface area (Å²) in [6, 6.07) is 5.15. The molecule has 100 valence electrons. The predicted octanol–water partition coefficient (Wildman–Crippen LogP) is 3.84. The first-order valence-corrected chi connectivity index (χ1v) is 7.01. The van der Waals surface area contributed by atoms with Crippen molar-refractivity contribution in [1.82, 2.24) is 5.32 Å². The molecule has 1 aliphatic rings. The van der Waals surface area contributed by atoms with Gasteiger partial charge in [0.2, 0.25) is 0 Å². The first-order valence-electron chi connectivity index (χ1n) is 7.01. The van der Waals surface area contributed by atoms with Crippen LogP contribution in [0.1, 0.15) is 44.2 Å². The van der Waals surface area contributed by atoms with E-state index in [9.17, 15) is 4.39 Å². The highest BCUT2D eigenvalue weighted by Crippen LogP contribution is 2.31. The average molecular weight is 249 g/mol. The second kappa shape index (κ2) is 5.40. The van der Waals surface area contributed by atoms with E-state index in [0.717, 1.165) is 18.5 Å². The van der Waals surface area contributed by atoms with E-state index in [1.54, 1.807) is 12.1 Å². The van der Waals surface area contributed by atoms with Crippen molar-refractivity contribution < 1.29 is 4.39 Å². The van der Waals surface area contributed by atoms with Crippen molar-refractivity contribution in [1.29, 1.82) is 0 Å². The molecule has 1 nitrogen and oxygen atoms in total. The minimum absolute atomic E-state index is 0.117. The summed E-state index contributed by atoms with van der Waals surface area (Å²) >= 11 is 0. The van der Waals surface area contributed by atoms with Gasteiger partial charge >= 0.3 is 0 Å². The third-order valence-electron chi connectivity index (χ3n) is 3.97. The normalized spacial score (nSPS) is 23.8. The lowest BCUT2D eigenvalue weighted by atomic mass is 9.81. The molecule has 1 aromatic rings. The van der Waals surface area contributed by atoms with Crippen molar-refractivity contribution in [3.8, 4) is 0 Å². The number of halogens is 1. The van der Waals surface area contributed by atoms with Crippen LogP contribution in [0.15, 0.2) is 18.2 Å². The molecule has 1 fully saturated rings. The Balaban J connectivity index is 2.20. The van der Waals surface area contributed by atoms with Gasteiger partial charge in [0, 0.05) is 5.54 Å². The summed E-state index contributed by atoms with van der Waals surface area (Å²) in [5.74, 6) is 0.553. The molecular weight excluding hydrogens is 225 g/mol. The van der Waals surface area contributed by atoms with E-state index in [2.05, 4.69) is 26.1 Å². The predicted molar refractivity (Wildman–Crippen MR) is 74.3 cm³/mol. The minimum atomic E-state index is -0.117. The first kappa shape index (κ1) is 13.5. The van der Waals surface area contributed by atoms with Gasteiger partial charge in [-0.2, -0.15) is 0 Å². The molecule has 0 bridgehead atoms. The van der Waals surface area contributed by atoms with E-state index in [0.29, 0.717) is 5.92 Å². The Hall–Kier alpha value is -0.890. The molecule has 0 aromatic heterocycles.